The summed E-state index contributed by atoms with van der Waals surface area (Å²) in [5.74, 6) is 0.0490. The summed E-state index contributed by atoms with van der Waals surface area (Å²) < 4.78 is 32.0. The molecule has 0 saturated carbocycles. The predicted molar refractivity (Wildman–Crippen MR) is 103 cm³/mol. The molecule has 0 bridgehead atoms. The van der Waals surface area contributed by atoms with Gasteiger partial charge in [0.25, 0.3) is 5.91 Å². The molecule has 0 aliphatic rings. The molecule has 0 spiro atoms. The Morgan fingerprint density at radius 2 is 1.81 bits per heavy atom. The Balaban J connectivity index is 2.39. The van der Waals surface area contributed by atoms with E-state index in [1.54, 1.807) is 38.1 Å². The zero-order valence-corrected chi connectivity index (χ0v) is 16.4. The molecular formula is C18H21ClN2O4S. The molecule has 2 aromatic carbocycles. The van der Waals surface area contributed by atoms with E-state index in [2.05, 4.69) is 5.32 Å². The van der Waals surface area contributed by atoms with Crippen molar-refractivity contribution < 1.29 is 17.9 Å². The van der Waals surface area contributed by atoms with Gasteiger partial charge in [-0.25, -0.2) is 8.42 Å². The minimum absolute atomic E-state index is 0.0748. The van der Waals surface area contributed by atoms with Crippen LogP contribution in [0.1, 0.15) is 24.2 Å². The van der Waals surface area contributed by atoms with Gasteiger partial charge in [-0.1, -0.05) is 37.6 Å². The zero-order chi connectivity index (χ0) is 19.3. The maximum atomic E-state index is 12.7. The van der Waals surface area contributed by atoms with Crippen LogP contribution >= 0.6 is 11.6 Å². The number of rotatable bonds is 7. The number of carbonyl (C=O) groups excluding carboxylic acids is 1. The van der Waals surface area contributed by atoms with Crippen LogP contribution in [-0.4, -0.2) is 38.8 Å². The van der Waals surface area contributed by atoms with Crippen LogP contribution in [0.15, 0.2) is 47.4 Å². The van der Waals surface area contributed by atoms with Gasteiger partial charge in [-0.2, -0.15) is 4.31 Å². The summed E-state index contributed by atoms with van der Waals surface area (Å²) >= 11 is 6.09. The van der Waals surface area contributed by atoms with Crippen LogP contribution in [0, 0.1) is 0 Å². The first-order valence-electron chi connectivity index (χ1n) is 8.09. The number of nitrogens with one attached hydrogen (secondary N) is 1. The second-order valence-electron chi connectivity index (χ2n) is 5.39. The number of nitrogens with zero attached hydrogens (tertiary/aromatic N) is 1. The van der Waals surface area contributed by atoms with Gasteiger partial charge < -0.3 is 10.1 Å². The van der Waals surface area contributed by atoms with Crippen molar-refractivity contribution >= 4 is 33.2 Å². The SMILES string of the molecule is CCN(CC)S(=O)(=O)c1cc(C(=O)Nc2ccccc2OC)ccc1Cl. The highest BCUT2D eigenvalue weighted by atomic mass is 35.5. The monoisotopic (exact) mass is 396 g/mol. The van der Waals surface area contributed by atoms with Gasteiger partial charge in [-0.15, -0.1) is 0 Å². The van der Waals surface area contributed by atoms with Gasteiger partial charge in [0.15, 0.2) is 0 Å². The normalized spacial score (nSPS) is 11.4. The Morgan fingerprint density at radius 3 is 2.42 bits per heavy atom. The molecule has 0 unspecified atom stereocenters. The summed E-state index contributed by atoms with van der Waals surface area (Å²) in [6.07, 6.45) is 0. The minimum Gasteiger partial charge on any atom is -0.495 e. The number of para-hydroxylation sites is 2. The number of halogens is 1. The summed E-state index contributed by atoms with van der Waals surface area (Å²) in [6.45, 7) is 4.11. The summed E-state index contributed by atoms with van der Waals surface area (Å²) in [5, 5.41) is 2.79. The second-order valence-corrected chi connectivity index (χ2v) is 7.70. The van der Waals surface area contributed by atoms with Crippen LogP contribution in [-0.2, 0) is 10.0 Å². The number of sulfonamides is 1. The number of methoxy groups -OCH3 is 1. The summed E-state index contributed by atoms with van der Waals surface area (Å²) in [5.41, 5.74) is 0.675. The Hall–Kier alpha value is -2.09. The topological polar surface area (TPSA) is 75.7 Å². The van der Waals surface area contributed by atoms with Gasteiger partial charge in [0.2, 0.25) is 10.0 Å². The number of anilines is 1. The second kappa shape index (κ2) is 8.53. The lowest BCUT2D eigenvalue weighted by atomic mass is 10.2. The van der Waals surface area contributed by atoms with E-state index in [4.69, 9.17) is 16.3 Å². The lowest BCUT2D eigenvalue weighted by Gasteiger charge is -2.19. The highest BCUT2D eigenvalue weighted by Crippen LogP contribution is 2.27. The van der Waals surface area contributed by atoms with E-state index >= 15 is 0 Å². The van der Waals surface area contributed by atoms with Crippen molar-refractivity contribution in [1.82, 2.24) is 4.31 Å². The fourth-order valence-electron chi connectivity index (χ4n) is 2.49. The fraction of sp³-hybridized carbons (Fsp3) is 0.278. The number of carbonyl (C=O) groups is 1. The molecule has 0 aliphatic heterocycles. The molecule has 1 amide bonds. The van der Waals surface area contributed by atoms with Crippen LogP contribution in [0.2, 0.25) is 5.02 Å². The van der Waals surface area contributed by atoms with Crippen LogP contribution < -0.4 is 10.1 Å². The number of amides is 1. The van der Waals surface area contributed by atoms with Gasteiger partial charge in [0.05, 0.1) is 17.8 Å². The molecule has 0 radical (unpaired) electrons. The third kappa shape index (κ3) is 4.17. The van der Waals surface area contributed by atoms with Gasteiger partial charge in [-0.3, -0.25) is 4.79 Å². The number of benzene rings is 2. The van der Waals surface area contributed by atoms with E-state index in [-0.39, 0.29) is 15.5 Å². The van der Waals surface area contributed by atoms with E-state index in [0.29, 0.717) is 24.5 Å². The molecule has 0 aliphatic carbocycles. The molecule has 0 saturated heterocycles. The quantitative estimate of drug-likeness (QED) is 0.775. The Bertz CT molecular complexity index is 896. The molecule has 0 atom stereocenters. The zero-order valence-electron chi connectivity index (χ0n) is 14.8. The first kappa shape index (κ1) is 20.2. The lowest BCUT2D eigenvalue weighted by Crippen LogP contribution is -2.31. The standard InChI is InChI=1S/C18H21ClN2O4S/c1-4-21(5-2)26(23,24)17-12-13(10-11-14(17)19)18(22)20-15-8-6-7-9-16(15)25-3/h6-12H,4-5H2,1-3H3,(H,20,22). The molecule has 26 heavy (non-hydrogen) atoms. The van der Waals surface area contributed by atoms with E-state index in [0.717, 1.165) is 0 Å². The fourth-order valence-corrected chi connectivity index (χ4v) is 4.45. The average Bonchev–Trinajstić information content (AvgIpc) is 2.63. The van der Waals surface area contributed by atoms with E-state index < -0.39 is 15.9 Å². The Morgan fingerprint density at radius 1 is 1.15 bits per heavy atom. The first-order valence-corrected chi connectivity index (χ1v) is 9.91. The largest absolute Gasteiger partial charge is 0.495 e. The maximum Gasteiger partial charge on any atom is 0.255 e. The molecule has 0 aromatic heterocycles. The number of hydrogen-bond donors (Lipinski definition) is 1. The van der Waals surface area contributed by atoms with Crippen molar-refractivity contribution in [2.75, 3.05) is 25.5 Å². The minimum atomic E-state index is -3.78. The molecular weight excluding hydrogens is 376 g/mol. The van der Waals surface area contributed by atoms with Gasteiger partial charge in [0.1, 0.15) is 10.6 Å². The van der Waals surface area contributed by atoms with E-state index in [1.165, 1.54) is 29.6 Å². The molecule has 140 valence electrons. The molecule has 0 heterocycles. The molecule has 6 nitrogen and oxygen atoms in total. The van der Waals surface area contributed by atoms with Crippen molar-refractivity contribution in [2.24, 2.45) is 0 Å². The van der Waals surface area contributed by atoms with E-state index in [9.17, 15) is 13.2 Å². The summed E-state index contributed by atoms with van der Waals surface area (Å²) in [7, 11) is -2.27. The van der Waals surface area contributed by atoms with Crippen molar-refractivity contribution in [1.29, 1.82) is 0 Å². The predicted octanol–water partition coefficient (Wildman–Crippen LogP) is 3.63. The number of ether oxygens (including phenoxy) is 1. The van der Waals surface area contributed by atoms with Gasteiger partial charge in [-0.05, 0) is 30.3 Å². The van der Waals surface area contributed by atoms with Crippen molar-refractivity contribution in [2.45, 2.75) is 18.7 Å². The molecule has 0 fully saturated rings. The Labute approximate surface area is 158 Å². The van der Waals surface area contributed by atoms with E-state index in [1.807, 2.05) is 0 Å². The summed E-state index contributed by atoms with van der Waals surface area (Å²) in [6, 6.07) is 11.1. The van der Waals surface area contributed by atoms with Crippen LogP contribution in [0.5, 0.6) is 5.75 Å². The van der Waals surface area contributed by atoms with Crippen LogP contribution in [0.3, 0.4) is 0 Å². The third-order valence-electron chi connectivity index (χ3n) is 3.87. The maximum absolute atomic E-state index is 12.7. The van der Waals surface area contributed by atoms with Crippen LogP contribution in [0.4, 0.5) is 5.69 Å². The van der Waals surface area contributed by atoms with Crippen molar-refractivity contribution in [3.63, 3.8) is 0 Å². The summed E-state index contributed by atoms with van der Waals surface area (Å²) in [4.78, 5) is 12.5. The molecule has 2 aromatic rings. The average molecular weight is 397 g/mol. The lowest BCUT2D eigenvalue weighted by molar-refractivity contribution is 0.102. The third-order valence-corrected chi connectivity index (χ3v) is 6.40. The molecule has 1 N–H and O–H groups in total. The Kier molecular flexibility index (Phi) is 6.63. The highest BCUT2D eigenvalue weighted by molar-refractivity contribution is 7.89. The van der Waals surface area contributed by atoms with Crippen molar-refractivity contribution in [3.8, 4) is 5.75 Å². The van der Waals surface area contributed by atoms with Gasteiger partial charge >= 0.3 is 0 Å². The molecule has 2 rings (SSSR count). The highest BCUT2D eigenvalue weighted by Gasteiger charge is 2.25. The van der Waals surface area contributed by atoms with Gasteiger partial charge in [0, 0.05) is 18.7 Å². The molecule has 8 heteroatoms. The number of hydrogen-bond acceptors (Lipinski definition) is 4. The van der Waals surface area contributed by atoms with Crippen molar-refractivity contribution in [3.05, 3.63) is 53.1 Å². The smallest absolute Gasteiger partial charge is 0.255 e. The van der Waals surface area contributed by atoms with Crippen LogP contribution in [0.25, 0.3) is 0 Å². The first-order chi connectivity index (χ1) is 12.3.